The Bertz CT molecular complexity index is 164. The van der Waals surface area contributed by atoms with E-state index in [1.54, 1.807) is 0 Å². The molecule has 1 N–H and O–H groups in total. The molecule has 0 amide bonds. The van der Waals surface area contributed by atoms with Gasteiger partial charge in [-0.15, -0.1) is 17.0 Å². The van der Waals surface area contributed by atoms with Gasteiger partial charge in [0.25, 0.3) is 0 Å². The zero-order chi connectivity index (χ0) is 8.97. The summed E-state index contributed by atoms with van der Waals surface area (Å²) in [6.07, 6.45) is 5.79. The summed E-state index contributed by atoms with van der Waals surface area (Å²) in [5, 5.41) is 9.66. The lowest BCUT2D eigenvalue weighted by molar-refractivity contribution is -0.0455. The van der Waals surface area contributed by atoms with Gasteiger partial charge in [-0.2, -0.15) is 0 Å². The molecule has 1 aliphatic heterocycles. The SMILES string of the molecule is Br.CCCCN1C=CN(CC)C1O. The second kappa shape index (κ2) is 6.27. The van der Waals surface area contributed by atoms with Crippen molar-refractivity contribution >= 4 is 17.0 Å². The van der Waals surface area contributed by atoms with Crippen LogP contribution in [0, 0.1) is 0 Å². The lowest BCUT2D eigenvalue weighted by Crippen LogP contribution is -2.38. The normalized spacial score (nSPS) is 20.7. The molecule has 0 aromatic carbocycles. The quantitative estimate of drug-likeness (QED) is 0.824. The maximum Gasteiger partial charge on any atom is 0.207 e. The van der Waals surface area contributed by atoms with Crippen LogP contribution in [0.4, 0.5) is 0 Å². The molecule has 0 spiro atoms. The molecule has 0 bridgehead atoms. The molecule has 0 fully saturated rings. The summed E-state index contributed by atoms with van der Waals surface area (Å²) < 4.78 is 0. The highest BCUT2D eigenvalue weighted by Crippen LogP contribution is 2.13. The van der Waals surface area contributed by atoms with Gasteiger partial charge in [-0.05, 0) is 13.3 Å². The minimum absolute atomic E-state index is 0. The van der Waals surface area contributed by atoms with Crippen LogP contribution in [0.3, 0.4) is 0 Å². The van der Waals surface area contributed by atoms with E-state index in [1.165, 1.54) is 6.42 Å². The molecule has 3 nitrogen and oxygen atoms in total. The smallest absolute Gasteiger partial charge is 0.207 e. The minimum atomic E-state index is -0.429. The Morgan fingerprint density at radius 2 is 1.85 bits per heavy atom. The Hall–Kier alpha value is -0.220. The zero-order valence-electron chi connectivity index (χ0n) is 8.31. The van der Waals surface area contributed by atoms with Crippen molar-refractivity contribution in [3.05, 3.63) is 12.4 Å². The summed E-state index contributed by atoms with van der Waals surface area (Å²) in [6.45, 7) is 6.01. The topological polar surface area (TPSA) is 26.7 Å². The van der Waals surface area contributed by atoms with Crippen LogP contribution in [0.5, 0.6) is 0 Å². The molecule has 0 aromatic rings. The molecule has 1 aliphatic rings. The number of hydrogen-bond acceptors (Lipinski definition) is 3. The van der Waals surface area contributed by atoms with Crippen molar-refractivity contribution in [1.29, 1.82) is 0 Å². The monoisotopic (exact) mass is 250 g/mol. The highest BCUT2D eigenvalue weighted by atomic mass is 79.9. The van der Waals surface area contributed by atoms with E-state index in [4.69, 9.17) is 0 Å². The first kappa shape index (κ1) is 12.8. The van der Waals surface area contributed by atoms with E-state index in [9.17, 15) is 5.11 Å². The van der Waals surface area contributed by atoms with E-state index in [2.05, 4.69) is 6.92 Å². The van der Waals surface area contributed by atoms with Gasteiger partial charge in [0, 0.05) is 25.5 Å². The van der Waals surface area contributed by atoms with Crippen LogP contribution in [0.2, 0.25) is 0 Å². The van der Waals surface area contributed by atoms with Gasteiger partial charge in [-0.1, -0.05) is 13.3 Å². The third-order valence-corrected chi connectivity index (χ3v) is 2.18. The van der Waals surface area contributed by atoms with E-state index < -0.39 is 6.35 Å². The molecule has 4 heteroatoms. The first-order valence-corrected chi connectivity index (χ1v) is 4.67. The number of unbranched alkanes of at least 4 members (excludes halogenated alkanes) is 1. The number of nitrogens with zero attached hydrogens (tertiary/aromatic N) is 2. The van der Waals surface area contributed by atoms with Gasteiger partial charge in [0.15, 0.2) is 0 Å². The maximum atomic E-state index is 9.66. The molecule has 0 aliphatic carbocycles. The lowest BCUT2D eigenvalue weighted by Gasteiger charge is -2.26. The fourth-order valence-electron chi connectivity index (χ4n) is 1.32. The summed E-state index contributed by atoms with van der Waals surface area (Å²) in [5.41, 5.74) is 0. The Kier molecular flexibility index (Phi) is 6.16. The minimum Gasteiger partial charge on any atom is -0.356 e. The van der Waals surface area contributed by atoms with Crippen LogP contribution in [-0.4, -0.2) is 34.3 Å². The Balaban J connectivity index is 0.00000144. The summed E-state index contributed by atoms with van der Waals surface area (Å²) in [5.74, 6) is 0. The van der Waals surface area contributed by atoms with Gasteiger partial charge in [-0.3, -0.25) is 0 Å². The van der Waals surface area contributed by atoms with Crippen LogP contribution in [0.1, 0.15) is 26.7 Å². The van der Waals surface area contributed by atoms with Gasteiger partial charge in [-0.25, -0.2) is 0 Å². The molecule has 1 unspecified atom stereocenters. The molecule has 0 radical (unpaired) electrons. The molecule has 13 heavy (non-hydrogen) atoms. The average Bonchev–Trinajstić information content (AvgIpc) is 2.43. The van der Waals surface area contributed by atoms with Crippen molar-refractivity contribution in [3.63, 3.8) is 0 Å². The third kappa shape index (κ3) is 3.19. The molecular weight excluding hydrogens is 232 g/mol. The number of rotatable bonds is 4. The van der Waals surface area contributed by atoms with E-state index >= 15 is 0 Å². The van der Waals surface area contributed by atoms with Crippen molar-refractivity contribution < 1.29 is 5.11 Å². The largest absolute Gasteiger partial charge is 0.356 e. The molecular formula is C9H19BrN2O. The molecule has 0 aromatic heterocycles. The number of hydrogen-bond donors (Lipinski definition) is 1. The van der Waals surface area contributed by atoms with Crippen molar-refractivity contribution in [2.45, 2.75) is 33.0 Å². The average molecular weight is 251 g/mol. The van der Waals surface area contributed by atoms with Crippen LogP contribution >= 0.6 is 17.0 Å². The van der Waals surface area contributed by atoms with E-state index in [0.29, 0.717) is 0 Å². The van der Waals surface area contributed by atoms with Crippen LogP contribution in [0.15, 0.2) is 12.4 Å². The fraction of sp³-hybridized carbons (Fsp3) is 0.778. The van der Waals surface area contributed by atoms with Crippen molar-refractivity contribution in [1.82, 2.24) is 9.80 Å². The standard InChI is InChI=1S/C9H18N2O.BrH/c1-3-5-6-11-8-7-10(4-2)9(11)12;/h7-9,12H,3-6H2,1-2H3;1H. The highest BCUT2D eigenvalue weighted by Gasteiger charge is 2.20. The summed E-state index contributed by atoms with van der Waals surface area (Å²) in [7, 11) is 0. The first-order valence-electron chi connectivity index (χ1n) is 4.67. The summed E-state index contributed by atoms with van der Waals surface area (Å²) >= 11 is 0. The van der Waals surface area contributed by atoms with Gasteiger partial charge in [0.05, 0.1) is 0 Å². The molecule has 0 saturated heterocycles. The molecule has 1 heterocycles. The van der Waals surface area contributed by atoms with Crippen molar-refractivity contribution in [2.24, 2.45) is 0 Å². The van der Waals surface area contributed by atoms with E-state index in [-0.39, 0.29) is 17.0 Å². The van der Waals surface area contributed by atoms with Crippen LogP contribution in [-0.2, 0) is 0 Å². The van der Waals surface area contributed by atoms with Gasteiger partial charge < -0.3 is 14.9 Å². The summed E-state index contributed by atoms with van der Waals surface area (Å²) in [6, 6.07) is 0. The van der Waals surface area contributed by atoms with Crippen LogP contribution in [0.25, 0.3) is 0 Å². The molecule has 0 saturated carbocycles. The second-order valence-corrected chi connectivity index (χ2v) is 3.07. The van der Waals surface area contributed by atoms with Crippen molar-refractivity contribution in [3.8, 4) is 0 Å². The molecule has 78 valence electrons. The number of aliphatic hydroxyl groups excluding tert-OH is 1. The number of halogens is 1. The zero-order valence-corrected chi connectivity index (χ0v) is 10.0. The fourth-order valence-corrected chi connectivity index (χ4v) is 1.32. The molecule has 1 rings (SSSR count). The number of aliphatic hydroxyl groups is 1. The predicted molar refractivity (Wildman–Crippen MR) is 59.5 cm³/mol. The predicted octanol–water partition coefficient (Wildman–Crippen LogP) is 1.75. The van der Waals surface area contributed by atoms with E-state index in [0.717, 1.165) is 19.5 Å². The third-order valence-electron chi connectivity index (χ3n) is 2.18. The molecule has 1 atom stereocenters. The Morgan fingerprint density at radius 1 is 1.23 bits per heavy atom. The summed E-state index contributed by atoms with van der Waals surface area (Å²) in [4.78, 5) is 3.88. The van der Waals surface area contributed by atoms with Crippen LogP contribution < -0.4 is 0 Å². The lowest BCUT2D eigenvalue weighted by atomic mass is 10.3. The van der Waals surface area contributed by atoms with Gasteiger partial charge in [0.2, 0.25) is 6.35 Å². The Labute approximate surface area is 90.8 Å². The first-order chi connectivity index (χ1) is 5.79. The highest BCUT2D eigenvalue weighted by molar-refractivity contribution is 8.93. The van der Waals surface area contributed by atoms with Gasteiger partial charge in [0.1, 0.15) is 0 Å². The second-order valence-electron chi connectivity index (χ2n) is 3.07. The van der Waals surface area contributed by atoms with Gasteiger partial charge >= 0.3 is 0 Å². The maximum absolute atomic E-state index is 9.66. The van der Waals surface area contributed by atoms with E-state index in [1.807, 2.05) is 29.1 Å². The van der Waals surface area contributed by atoms with Crippen molar-refractivity contribution in [2.75, 3.05) is 13.1 Å². The Morgan fingerprint density at radius 3 is 2.31 bits per heavy atom.